The number of primary sulfonamides is 1. The molecular formula is C14H20N2O7S. The maximum atomic E-state index is 12.2. The quantitative estimate of drug-likeness (QED) is 0.478. The molecule has 0 saturated heterocycles. The van der Waals surface area contributed by atoms with Gasteiger partial charge in [-0.1, -0.05) is 0 Å². The molecule has 0 fully saturated rings. The zero-order valence-electron chi connectivity index (χ0n) is 13.6. The molecule has 24 heavy (non-hydrogen) atoms. The minimum Gasteiger partial charge on any atom is -0.496 e. The number of benzene rings is 1. The monoisotopic (exact) mass is 360 g/mol. The van der Waals surface area contributed by atoms with Crippen LogP contribution in [0.5, 0.6) is 5.75 Å². The molecule has 1 rings (SSSR count). The van der Waals surface area contributed by atoms with Gasteiger partial charge in [0.05, 0.1) is 18.6 Å². The summed E-state index contributed by atoms with van der Waals surface area (Å²) in [7, 11) is -1.20. The summed E-state index contributed by atoms with van der Waals surface area (Å²) in [5, 5.41) is 7.55. The van der Waals surface area contributed by atoms with Crippen LogP contribution in [0, 0.1) is 0 Å². The summed E-state index contributed by atoms with van der Waals surface area (Å²) in [5.41, 5.74) is -0.152. The van der Waals surface area contributed by atoms with Gasteiger partial charge in [-0.15, -0.1) is 0 Å². The van der Waals surface area contributed by atoms with Crippen LogP contribution in [0.25, 0.3) is 0 Å². The molecule has 1 amide bonds. The Morgan fingerprint density at radius 1 is 1.29 bits per heavy atom. The summed E-state index contributed by atoms with van der Waals surface area (Å²) >= 11 is 0. The highest BCUT2D eigenvalue weighted by molar-refractivity contribution is 7.89. The van der Waals surface area contributed by atoms with Gasteiger partial charge in [0.25, 0.3) is 5.91 Å². The third-order valence-corrected chi connectivity index (χ3v) is 3.89. The van der Waals surface area contributed by atoms with E-state index in [4.69, 9.17) is 19.3 Å². The molecule has 10 heteroatoms. The number of nitrogens with two attached hydrogens (primary N) is 1. The molecule has 1 aromatic rings. The Kier molecular flexibility index (Phi) is 7.14. The van der Waals surface area contributed by atoms with Gasteiger partial charge in [-0.3, -0.25) is 4.79 Å². The van der Waals surface area contributed by atoms with Gasteiger partial charge in [0, 0.05) is 13.7 Å². The van der Waals surface area contributed by atoms with E-state index in [1.54, 1.807) is 0 Å². The number of esters is 1. The maximum Gasteiger partial charge on any atom is 0.342 e. The standard InChI is InChI=1S/C14H20N2O7S/c1-9(13(17)16-6-7-21-2)23-14(18)11-8-10(24(15,19)20)4-5-12(11)22-3/h4-5,8-9H,6-7H2,1-3H3,(H,16,17)(H2,15,19,20)/t9-/m1/s1. The number of ether oxygens (including phenoxy) is 3. The Labute approximate surface area is 140 Å². The van der Waals surface area contributed by atoms with Gasteiger partial charge in [0.15, 0.2) is 6.10 Å². The van der Waals surface area contributed by atoms with Crippen LogP contribution in [0.15, 0.2) is 23.1 Å². The molecule has 0 aromatic heterocycles. The van der Waals surface area contributed by atoms with E-state index >= 15 is 0 Å². The number of amides is 1. The van der Waals surface area contributed by atoms with Crippen molar-refractivity contribution in [2.75, 3.05) is 27.4 Å². The number of nitrogens with one attached hydrogen (secondary N) is 1. The van der Waals surface area contributed by atoms with Gasteiger partial charge >= 0.3 is 5.97 Å². The molecule has 0 saturated carbocycles. The molecule has 134 valence electrons. The number of methoxy groups -OCH3 is 2. The fourth-order valence-corrected chi connectivity index (χ4v) is 2.26. The zero-order chi connectivity index (χ0) is 18.3. The lowest BCUT2D eigenvalue weighted by Gasteiger charge is -2.15. The van der Waals surface area contributed by atoms with Gasteiger partial charge in [0.1, 0.15) is 11.3 Å². The number of sulfonamides is 1. The molecule has 1 aromatic carbocycles. The predicted molar refractivity (Wildman–Crippen MR) is 84.1 cm³/mol. The first-order valence-corrected chi connectivity index (χ1v) is 8.43. The molecule has 0 bridgehead atoms. The first-order chi connectivity index (χ1) is 11.2. The third kappa shape index (κ3) is 5.48. The Bertz CT molecular complexity index is 703. The molecule has 0 aliphatic rings. The summed E-state index contributed by atoms with van der Waals surface area (Å²) in [6, 6.07) is 3.51. The van der Waals surface area contributed by atoms with Crippen molar-refractivity contribution in [1.29, 1.82) is 0 Å². The number of carbonyl (C=O) groups is 2. The zero-order valence-corrected chi connectivity index (χ0v) is 14.4. The lowest BCUT2D eigenvalue weighted by molar-refractivity contribution is -0.129. The molecule has 0 unspecified atom stereocenters. The van der Waals surface area contributed by atoms with Crippen molar-refractivity contribution in [2.24, 2.45) is 5.14 Å². The number of hydrogen-bond acceptors (Lipinski definition) is 7. The normalized spacial score (nSPS) is 12.3. The van der Waals surface area contributed by atoms with Crippen LogP contribution >= 0.6 is 0 Å². The largest absolute Gasteiger partial charge is 0.496 e. The molecule has 0 heterocycles. The molecule has 0 radical (unpaired) electrons. The number of carbonyl (C=O) groups excluding carboxylic acids is 2. The van der Waals surface area contributed by atoms with Crippen molar-refractivity contribution in [1.82, 2.24) is 5.32 Å². The van der Waals surface area contributed by atoms with Crippen LogP contribution in [0.1, 0.15) is 17.3 Å². The van der Waals surface area contributed by atoms with E-state index < -0.39 is 28.0 Å². The van der Waals surface area contributed by atoms with Crippen LogP contribution in [0.3, 0.4) is 0 Å². The van der Waals surface area contributed by atoms with E-state index in [1.165, 1.54) is 33.3 Å². The highest BCUT2D eigenvalue weighted by Crippen LogP contribution is 2.23. The minimum absolute atomic E-state index is 0.0967. The third-order valence-electron chi connectivity index (χ3n) is 2.98. The molecular weight excluding hydrogens is 340 g/mol. The fraction of sp³-hybridized carbons (Fsp3) is 0.429. The lowest BCUT2D eigenvalue weighted by Crippen LogP contribution is -2.37. The van der Waals surface area contributed by atoms with E-state index in [0.29, 0.717) is 6.61 Å². The van der Waals surface area contributed by atoms with E-state index in [1.807, 2.05) is 0 Å². The van der Waals surface area contributed by atoms with Crippen molar-refractivity contribution < 1.29 is 32.2 Å². The number of rotatable bonds is 8. The summed E-state index contributed by atoms with van der Waals surface area (Å²) in [6.07, 6.45) is -1.09. The minimum atomic E-state index is -4.00. The maximum absolute atomic E-state index is 12.2. The molecule has 0 aliphatic carbocycles. The Morgan fingerprint density at radius 3 is 2.50 bits per heavy atom. The van der Waals surface area contributed by atoms with Crippen molar-refractivity contribution >= 4 is 21.9 Å². The fourth-order valence-electron chi connectivity index (χ4n) is 1.72. The van der Waals surface area contributed by atoms with E-state index in [-0.39, 0.29) is 22.8 Å². The van der Waals surface area contributed by atoms with Gasteiger partial charge in [-0.2, -0.15) is 0 Å². The van der Waals surface area contributed by atoms with Gasteiger partial charge in [0.2, 0.25) is 10.0 Å². The molecule has 3 N–H and O–H groups in total. The summed E-state index contributed by atoms with van der Waals surface area (Å²) in [5.74, 6) is -1.33. The summed E-state index contributed by atoms with van der Waals surface area (Å²) in [6.45, 7) is 1.97. The lowest BCUT2D eigenvalue weighted by atomic mass is 10.2. The number of hydrogen-bond donors (Lipinski definition) is 2. The van der Waals surface area contributed by atoms with Gasteiger partial charge < -0.3 is 19.5 Å². The molecule has 1 atom stereocenters. The van der Waals surface area contributed by atoms with Gasteiger partial charge in [-0.25, -0.2) is 18.4 Å². The van der Waals surface area contributed by atoms with E-state index in [9.17, 15) is 18.0 Å². The van der Waals surface area contributed by atoms with E-state index in [2.05, 4.69) is 5.32 Å². The van der Waals surface area contributed by atoms with Crippen molar-refractivity contribution in [2.45, 2.75) is 17.9 Å². The van der Waals surface area contributed by atoms with Crippen LogP contribution in [0.2, 0.25) is 0 Å². The smallest absolute Gasteiger partial charge is 0.342 e. The van der Waals surface area contributed by atoms with Crippen molar-refractivity contribution in [3.05, 3.63) is 23.8 Å². The second-order valence-corrected chi connectivity index (χ2v) is 6.30. The molecule has 0 spiro atoms. The SMILES string of the molecule is COCCNC(=O)[C@@H](C)OC(=O)c1cc(S(N)(=O)=O)ccc1OC. The highest BCUT2D eigenvalue weighted by Gasteiger charge is 2.23. The second-order valence-electron chi connectivity index (χ2n) is 4.74. The van der Waals surface area contributed by atoms with Crippen LogP contribution in [-0.2, 0) is 24.3 Å². The van der Waals surface area contributed by atoms with Gasteiger partial charge in [-0.05, 0) is 25.1 Å². The Balaban J connectivity index is 2.92. The predicted octanol–water partition coefficient (Wildman–Crippen LogP) is -0.349. The molecule has 9 nitrogen and oxygen atoms in total. The average molecular weight is 360 g/mol. The van der Waals surface area contributed by atoms with Crippen LogP contribution in [0.4, 0.5) is 0 Å². The highest BCUT2D eigenvalue weighted by atomic mass is 32.2. The summed E-state index contributed by atoms with van der Waals surface area (Å²) in [4.78, 5) is 23.7. The Hall–Kier alpha value is -2.17. The van der Waals surface area contributed by atoms with Crippen LogP contribution in [-0.4, -0.2) is 53.8 Å². The Morgan fingerprint density at radius 2 is 1.96 bits per heavy atom. The van der Waals surface area contributed by atoms with Crippen LogP contribution < -0.4 is 15.2 Å². The first-order valence-electron chi connectivity index (χ1n) is 6.89. The van der Waals surface area contributed by atoms with E-state index in [0.717, 1.165) is 6.07 Å². The average Bonchev–Trinajstić information content (AvgIpc) is 2.53. The molecule has 0 aliphatic heterocycles. The summed E-state index contributed by atoms with van der Waals surface area (Å²) < 4.78 is 37.6. The second kappa shape index (κ2) is 8.62. The van der Waals surface area contributed by atoms with Crippen molar-refractivity contribution in [3.63, 3.8) is 0 Å². The first kappa shape index (κ1) is 19.9. The van der Waals surface area contributed by atoms with Crippen molar-refractivity contribution in [3.8, 4) is 5.75 Å². The topological polar surface area (TPSA) is 134 Å².